The number of para-hydroxylation sites is 1. The van der Waals surface area contributed by atoms with Gasteiger partial charge in [-0.3, -0.25) is 4.79 Å². The third-order valence-corrected chi connectivity index (χ3v) is 5.93. The summed E-state index contributed by atoms with van der Waals surface area (Å²) in [6, 6.07) is 5.87. The number of benzene rings is 1. The fourth-order valence-corrected chi connectivity index (χ4v) is 4.48. The van der Waals surface area contributed by atoms with Crippen LogP contribution in [0.5, 0.6) is 0 Å². The first-order chi connectivity index (χ1) is 11.2. The molecule has 24 heavy (non-hydrogen) atoms. The highest BCUT2D eigenvalue weighted by Crippen LogP contribution is 2.28. The van der Waals surface area contributed by atoms with E-state index in [9.17, 15) is 13.2 Å². The lowest BCUT2D eigenvalue weighted by molar-refractivity contribution is -0.116. The average molecular weight is 353 g/mol. The van der Waals surface area contributed by atoms with E-state index in [2.05, 4.69) is 19.2 Å². The second-order valence-electron chi connectivity index (χ2n) is 6.99. The molecule has 1 saturated carbocycles. The molecule has 2 rings (SSSR count). The quantitative estimate of drug-likeness (QED) is 0.854. The van der Waals surface area contributed by atoms with Gasteiger partial charge in [0, 0.05) is 11.7 Å². The van der Waals surface area contributed by atoms with Crippen LogP contribution in [0.15, 0.2) is 18.2 Å². The Hall–Kier alpha value is -1.40. The summed E-state index contributed by atoms with van der Waals surface area (Å²) >= 11 is 0. The van der Waals surface area contributed by atoms with E-state index in [4.69, 9.17) is 0 Å². The maximum absolute atomic E-state index is 12.5. The normalized spacial score (nSPS) is 16.1. The van der Waals surface area contributed by atoms with Gasteiger partial charge in [-0.15, -0.1) is 0 Å². The van der Waals surface area contributed by atoms with Crippen LogP contribution in [0.3, 0.4) is 0 Å². The summed E-state index contributed by atoms with van der Waals surface area (Å²) in [6.07, 6.45) is 4.90. The van der Waals surface area contributed by atoms with Crippen molar-refractivity contribution in [3.8, 4) is 0 Å². The second-order valence-corrected chi connectivity index (χ2v) is 8.92. The molecule has 1 aliphatic carbocycles. The van der Waals surface area contributed by atoms with Crippen LogP contribution in [0, 0.1) is 6.92 Å². The van der Waals surface area contributed by atoms with Crippen LogP contribution in [0.25, 0.3) is 0 Å². The summed E-state index contributed by atoms with van der Waals surface area (Å²) in [6.45, 7) is 5.99. The maximum atomic E-state index is 12.5. The third kappa shape index (κ3) is 4.57. The average Bonchev–Trinajstić information content (AvgIpc) is 2.99. The smallest absolute Gasteiger partial charge is 0.239 e. The van der Waals surface area contributed by atoms with E-state index in [1.807, 2.05) is 25.1 Å². The molecule has 0 saturated heterocycles. The molecule has 0 radical (unpaired) electrons. The van der Waals surface area contributed by atoms with Crippen molar-refractivity contribution < 1.29 is 13.2 Å². The lowest BCUT2D eigenvalue weighted by Crippen LogP contribution is -2.43. The summed E-state index contributed by atoms with van der Waals surface area (Å²) in [5.41, 5.74) is 2.86. The molecule has 0 atom stereocenters. The zero-order chi connectivity index (χ0) is 17.9. The number of hydrogen-bond donors (Lipinski definition) is 1. The first-order valence-electron chi connectivity index (χ1n) is 8.56. The van der Waals surface area contributed by atoms with Crippen LogP contribution < -0.4 is 5.32 Å². The Bertz CT molecular complexity index is 692. The van der Waals surface area contributed by atoms with E-state index in [-0.39, 0.29) is 24.4 Å². The molecule has 1 aromatic rings. The number of carbonyl (C=O) groups is 1. The summed E-state index contributed by atoms with van der Waals surface area (Å²) in [4.78, 5) is 12.5. The highest BCUT2D eigenvalue weighted by molar-refractivity contribution is 7.88. The predicted molar refractivity (Wildman–Crippen MR) is 97.7 cm³/mol. The lowest BCUT2D eigenvalue weighted by Gasteiger charge is -2.26. The maximum Gasteiger partial charge on any atom is 0.239 e. The van der Waals surface area contributed by atoms with E-state index < -0.39 is 10.0 Å². The van der Waals surface area contributed by atoms with E-state index in [0.717, 1.165) is 42.5 Å². The Morgan fingerprint density at radius 3 is 2.46 bits per heavy atom. The Kier molecular flexibility index (Phi) is 6.04. The molecule has 1 fully saturated rings. The molecule has 1 N–H and O–H groups in total. The molecule has 0 bridgehead atoms. The number of carbonyl (C=O) groups excluding carboxylic acids is 1. The van der Waals surface area contributed by atoms with Crippen molar-refractivity contribution in [2.24, 2.45) is 0 Å². The van der Waals surface area contributed by atoms with Gasteiger partial charge in [0.2, 0.25) is 15.9 Å². The zero-order valence-electron chi connectivity index (χ0n) is 15.0. The molecular weight excluding hydrogens is 324 g/mol. The number of sulfonamides is 1. The van der Waals surface area contributed by atoms with Gasteiger partial charge in [-0.1, -0.05) is 44.9 Å². The molecule has 1 aromatic carbocycles. The third-order valence-electron chi connectivity index (χ3n) is 4.65. The van der Waals surface area contributed by atoms with Crippen molar-refractivity contribution in [1.82, 2.24) is 4.31 Å². The molecule has 1 aliphatic rings. The molecule has 5 nitrogen and oxygen atoms in total. The topological polar surface area (TPSA) is 66.5 Å². The van der Waals surface area contributed by atoms with Crippen molar-refractivity contribution in [3.63, 3.8) is 0 Å². The highest BCUT2D eigenvalue weighted by atomic mass is 32.2. The van der Waals surface area contributed by atoms with Crippen LogP contribution in [0.2, 0.25) is 0 Å². The van der Waals surface area contributed by atoms with Gasteiger partial charge >= 0.3 is 0 Å². The van der Waals surface area contributed by atoms with Crippen LogP contribution in [-0.2, 0) is 14.8 Å². The van der Waals surface area contributed by atoms with E-state index >= 15 is 0 Å². The van der Waals surface area contributed by atoms with Crippen molar-refractivity contribution >= 4 is 21.6 Å². The number of amides is 1. The van der Waals surface area contributed by atoms with Crippen LogP contribution in [0.1, 0.15) is 56.6 Å². The van der Waals surface area contributed by atoms with Gasteiger partial charge in [-0.2, -0.15) is 4.31 Å². The summed E-state index contributed by atoms with van der Waals surface area (Å²) in [5, 5.41) is 2.94. The molecule has 1 amide bonds. The van der Waals surface area contributed by atoms with Crippen molar-refractivity contribution in [3.05, 3.63) is 29.3 Å². The predicted octanol–water partition coefficient (Wildman–Crippen LogP) is 3.26. The minimum atomic E-state index is -3.40. The molecule has 0 heterocycles. The largest absolute Gasteiger partial charge is 0.324 e. The zero-order valence-corrected chi connectivity index (χ0v) is 15.8. The fraction of sp³-hybridized carbons (Fsp3) is 0.611. The number of anilines is 1. The molecule has 0 aromatic heterocycles. The first kappa shape index (κ1) is 18.9. The van der Waals surface area contributed by atoms with Crippen molar-refractivity contribution in [2.45, 2.75) is 58.4 Å². The molecule has 0 unspecified atom stereocenters. The molecular formula is C18H28N2O3S. The number of nitrogens with one attached hydrogen (secondary N) is 1. The van der Waals surface area contributed by atoms with Gasteiger partial charge in [-0.05, 0) is 36.8 Å². The highest BCUT2D eigenvalue weighted by Gasteiger charge is 2.31. The van der Waals surface area contributed by atoms with E-state index in [1.54, 1.807) is 0 Å². The Morgan fingerprint density at radius 1 is 1.29 bits per heavy atom. The van der Waals surface area contributed by atoms with Gasteiger partial charge in [0.1, 0.15) is 0 Å². The standard InChI is InChI=1S/C18H28N2O3S/c1-13(2)16-11-7-8-14(3)18(16)19-17(21)12-20(24(4,22)23)15-9-5-6-10-15/h7-8,11,13,15H,5-6,9-10,12H2,1-4H3,(H,19,21). The Labute approximate surface area is 145 Å². The fourth-order valence-electron chi connectivity index (χ4n) is 3.37. The van der Waals surface area contributed by atoms with E-state index in [0.29, 0.717) is 0 Å². The summed E-state index contributed by atoms with van der Waals surface area (Å²) in [5.74, 6) is 0.00423. The Morgan fingerprint density at radius 2 is 1.92 bits per heavy atom. The summed E-state index contributed by atoms with van der Waals surface area (Å²) < 4.78 is 25.6. The van der Waals surface area contributed by atoms with Crippen LogP contribution in [-0.4, -0.2) is 37.5 Å². The lowest BCUT2D eigenvalue weighted by atomic mass is 9.98. The van der Waals surface area contributed by atoms with Crippen molar-refractivity contribution in [2.75, 3.05) is 18.1 Å². The molecule has 6 heteroatoms. The minimum absolute atomic E-state index is 0.0489. The van der Waals surface area contributed by atoms with Gasteiger partial charge in [-0.25, -0.2) is 8.42 Å². The first-order valence-corrected chi connectivity index (χ1v) is 10.4. The number of rotatable bonds is 6. The number of nitrogens with zero attached hydrogens (tertiary/aromatic N) is 1. The van der Waals surface area contributed by atoms with Gasteiger partial charge in [0.15, 0.2) is 0 Å². The van der Waals surface area contributed by atoms with E-state index in [1.165, 1.54) is 10.6 Å². The monoisotopic (exact) mass is 352 g/mol. The van der Waals surface area contributed by atoms with Gasteiger partial charge in [0.05, 0.1) is 12.8 Å². The Balaban J connectivity index is 2.17. The van der Waals surface area contributed by atoms with Gasteiger partial charge < -0.3 is 5.32 Å². The molecule has 0 aliphatic heterocycles. The molecule has 134 valence electrons. The van der Waals surface area contributed by atoms with Crippen LogP contribution in [0.4, 0.5) is 5.69 Å². The number of hydrogen-bond acceptors (Lipinski definition) is 3. The SMILES string of the molecule is Cc1cccc(C(C)C)c1NC(=O)CN(C1CCCC1)S(C)(=O)=O. The van der Waals surface area contributed by atoms with Crippen molar-refractivity contribution in [1.29, 1.82) is 0 Å². The van der Waals surface area contributed by atoms with Gasteiger partial charge in [0.25, 0.3) is 0 Å². The van der Waals surface area contributed by atoms with Crippen LogP contribution >= 0.6 is 0 Å². The summed E-state index contributed by atoms with van der Waals surface area (Å²) in [7, 11) is -3.40. The number of aryl methyl sites for hydroxylation is 1. The minimum Gasteiger partial charge on any atom is -0.324 e. The molecule has 0 spiro atoms. The second kappa shape index (κ2) is 7.66.